The van der Waals surface area contributed by atoms with Crippen molar-refractivity contribution in [3.05, 3.63) is 22.2 Å². The molecule has 1 aromatic heterocycles. The van der Waals surface area contributed by atoms with Gasteiger partial charge in [0.05, 0.1) is 6.61 Å². The molecule has 0 amide bonds. The van der Waals surface area contributed by atoms with E-state index in [1.165, 1.54) is 12.8 Å². The number of rotatable bonds is 5. The maximum Gasteiger partial charge on any atom is 0.223 e. The quantitative estimate of drug-likeness (QED) is 0.513. The van der Waals surface area contributed by atoms with Crippen molar-refractivity contribution < 1.29 is 4.74 Å². The van der Waals surface area contributed by atoms with Crippen LogP contribution in [0.3, 0.4) is 0 Å². The number of hydrogen-bond donors (Lipinski definition) is 1. The van der Waals surface area contributed by atoms with Crippen molar-refractivity contribution in [2.45, 2.75) is 25.9 Å². The minimum Gasteiger partial charge on any atom is -0.377 e. The van der Waals surface area contributed by atoms with Crippen molar-refractivity contribution in [2.24, 2.45) is 5.92 Å². The third-order valence-corrected chi connectivity index (χ3v) is 3.68. The molecule has 19 heavy (non-hydrogen) atoms. The number of ether oxygens (including phenoxy) is 1. The lowest BCUT2D eigenvalue weighted by Gasteiger charge is -2.22. The smallest absolute Gasteiger partial charge is 0.223 e. The summed E-state index contributed by atoms with van der Waals surface area (Å²) in [7, 11) is 0. The van der Waals surface area contributed by atoms with Gasteiger partial charge in [-0.05, 0) is 49.9 Å². The molecule has 1 fully saturated rings. The first-order chi connectivity index (χ1) is 8.75. The Balaban J connectivity index is 0.00000180. The summed E-state index contributed by atoms with van der Waals surface area (Å²) in [5.41, 5.74) is 0.784. The zero-order valence-electron chi connectivity index (χ0n) is 10.6. The van der Waals surface area contributed by atoms with Gasteiger partial charge < -0.3 is 10.1 Å². The molecule has 0 aliphatic carbocycles. The van der Waals surface area contributed by atoms with E-state index < -0.39 is 0 Å². The minimum atomic E-state index is 0. The molecule has 2 heterocycles. The van der Waals surface area contributed by atoms with Crippen LogP contribution in [-0.4, -0.2) is 29.7 Å². The van der Waals surface area contributed by atoms with E-state index in [1.807, 2.05) is 0 Å². The van der Waals surface area contributed by atoms with Crippen molar-refractivity contribution in [1.29, 1.82) is 0 Å². The average Bonchev–Trinajstić information content (AvgIpc) is 2.38. The van der Waals surface area contributed by atoms with E-state index in [4.69, 9.17) is 27.9 Å². The number of nitrogens with one attached hydrogen (secondary N) is 1. The normalized spacial score (nSPS) is 16.1. The molecule has 0 atom stereocenters. The van der Waals surface area contributed by atoms with Gasteiger partial charge in [-0.25, -0.2) is 9.97 Å². The van der Waals surface area contributed by atoms with E-state index in [0.717, 1.165) is 37.6 Å². The largest absolute Gasteiger partial charge is 0.377 e. The van der Waals surface area contributed by atoms with E-state index in [0.29, 0.717) is 11.8 Å². The molecule has 0 radical (unpaired) electrons. The summed E-state index contributed by atoms with van der Waals surface area (Å²) in [6.07, 6.45) is 5.21. The van der Waals surface area contributed by atoms with Gasteiger partial charge in [0.25, 0.3) is 0 Å². The van der Waals surface area contributed by atoms with E-state index in [-0.39, 0.29) is 17.7 Å². The van der Waals surface area contributed by atoms with Gasteiger partial charge in [-0.1, -0.05) is 11.6 Å². The Labute approximate surface area is 129 Å². The van der Waals surface area contributed by atoms with E-state index >= 15 is 0 Å². The Morgan fingerprint density at radius 1 is 1.32 bits per heavy atom. The SMILES string of the molecule is Cl.Clc1ncc(COCCC2CCNCC2)c(Cl)n1. The molecule has 0 spiro atoms. The molecule has 0 bridgehead atoms. The molecule has 1 N–H and O–H groups in total. The van der Waals surface area contributed by atoms with Crippen molar-refractivity contribution >= 4 is 35.6 Å². The number of nitrogens with zero attached hydrogens (tertiary/aromatic N) is 2. The lowest BCUT2D eigenvalue weighted by molar-refractivity contribution is 0.102. The third kappa shape index (κ3) is 5.79. The summed E-state index contributed by atoms with van der Waals surface area (Å²) in [5.74, 6) is 0.781. The fourth-order valence-electron chi connectivity index (χ4n) is 2.07. The van der Waals surface area contributed by atoms with Gasteiger partial charge in [-0.15, -0.1) is 12.4 Å². The molecule has 1 aromatic rings. The van der Waals surface area contributed by atoms with Crippen LogP contribution in [0.2, 0.25) is 10.4 Å². The third-order valence-electron chi connectivity index (χ3n) is 3.17. The van der Waals surface area contributed by atoms with Crippen molar-refractivity contribution in [1.82, 2.24) is 15.3 Å². The maximum absolute atomic E-state index is 5.93. The predicted octanol–water partition coefficient (Wildman–Crippen LogP) is 3.11. The van der Waals surface area contributed by atoms with Crippen LogP contribution in [0, 0.1) is 5.92 Å². The molecule has 2 rings (SSSR count). The van der Waals surface area contributed by atoms with Crippen LogP contribution in [-0.2, 0) is 11.3 Å². The highest BCUT2D eigenvalue weighted by Gasteiger charge is 2.12. The molecule has 0 unspecified atom stereocenters. The molecular formula is C12H18Cl3N3O. The standard InChI is InChI=1S/C12H17Cl2N3O.ClH/c13-11-10(7-16-12(14)17-11)8-18-6-3-9-1-4-15-5-2-9;/h7,9,15H,1-6,8H2;1H. The van der Waals surface area contributed by atoms with Crippen LogP contribution in [0.15, 0.2) is 6.20 Å². The first-order valence-corrected chi connectivity index (χ1v) is 6.96. The molecule has 1 aliphatic heterocycles. The lowest BCUT2D eigenvalue weighted by Crippen LogP contribution is -2.28. The summed E-state index contributed by atoms with van der Waals surface area (Å²) in [5, 5.41) is 3.89. The van der Waals surface area contributed by atoms with Gasteiger partial charge in [-0.2, -0.15) is 0 Å². The Morgan fingerprint density at radius 2 is 2.05 bits per heavy atom. The summed E-state index contributed by atoms with van der Waals surface area (Å²) >= 11 is 11.6. The van der Waals surface area contributed by atoms with Crippen LogP contribution in [0.25, 0.3) is 0 Å². The first kappa shape index (κ1) is 16.9. The topological polar surface area (TPSA) is 47.0 Å². The Bertz CT molecular complexity index is 386. The van der Waals surface area contributed by atoms with Gasteiger partial charge in [0.15, 0.2) is 0 Å². The molecule has 108 valence electrons. The second-order valence-corrected chi connectivity index (χ2v) is 5.19. The zero-order chi connectivity index (χ0) is 12.8. The second kappa shape index (κ2) is 8.93. The fraction of sp³-hybridized carbons (Fsp3) is 0.667. The molecule has 7 heteroatoms. The summed E-state index contributed by atoms with van der Waals surface area (Å²) < 4.78 is 5.62. The highest BCUT2D eigenvalue weighted by Crippen LogP contribution is 2.18. The second-order valence-electron chi connectivity index (χ2n) is 4.49. The Hall–Kier alpha value is -0.130. The van der Waals surface area contributed by atoms with Crippen LogP contribution >= 0.6 is 35.6 Å². The predicted molar refractivity (Wildman–Crippen MR) is 79.2 cm³/mol. The van der Waals surface area contributed by atoms with Crippen molar-refractivity contribution in [3.63, 3.8) is 0 Å². The number of halogens is 3. The maximum atomic E-state index is 5.93. The highest BCUT2D eigenvalue weighted by atomic mass is 35.5. The van der Waals surface area contributed by atoms with Gasteiger partial charge in [-0.3, -0.25) is 0 Å². The molecular weight excluding hydrogens is 309 g/mol. The highest BCUT2D eigenvalue weighted by molar-refractivity contribution is 6.32. The minimum absolute atomic E-state index is 0. The van der Waals surface area contributed by atoms with Crippen LogP contribution < -0.4 is 5.32 Å². The molecule has 4 nitrogen and oxygen atoms in total. The summed E-state index contributed by atoms with van der Waals surface area (Å²) in [6, 6.07) is 0. The van der Waals surface area contributed by atoms with Crippen LogP contribution in [0.5, 0.6) is 0 Å². The molecule has 0 aromatic carbocycles. The van der Waals surface area contributed by atoms with Crippen LogP contribution in [0.4, 0.5) is 0 Å². The average molecular weight is 327 g/mol. The molecule has 1 saturated heterocycles. The molecule has 1 aliphatic rings. The van der Waals surface area contributed by atoms with Gasteiger partial charge in [0, 0.05) is 18.4 Å². The Morgan fingerprint density at radius 3 is 2.74 bits per heavy atom. The molecule has 0 saturated carbocycles. The number of piperidine rings is 1. The first-order valence-electron chi connectivity index (χ1n) is 6.21. The van der Waals surface area contributed by atoms with Crippen LogP contribution in [0.1, 0.15) is 24.8 Å². The van der Waals surface area contributed by atoms with E-state index in [1.54, 1.807) is 6.20 Å². The van der Waals surface area contributed by atoms with E-state index in [9.17, 15) is 0 Å². The Kier molecular flexibility index (Phi) is 7.95. The van der Waals surface area contributed by atoms with Gasteiger partial charge in [0.2, 0.25) is 5.28 Å². The van der Waals surface area contributed by atoms with Crippen molar-refractivity contribution in [2.75, 3.05) is 19.7 Å². The lowest BCUT2D eigenvalue weighted by atomic mass is 9.95. The fourth-order valence-corrected chi connectivity index (χ4v) is 2.43. The van der Waals surface area contributed by atoms with Crippen molar-refractivity contribution in [3.8, 4) is 0 Å². The summed E-state index contributed by atoms with van der Waals surface area (Å²) in [4.78, 5) is 7.76. The zero-order valence-corrected chi connectivity index (χ0v) is 12.9. The number of aromatic nitrogens is 2. The number of hydrogen-bond acceptors (Lipinski definition) is 4. The van der Waals surface area contributed by atoms with Gasteiger partial charge >= 0.3 is 0 Å². The van der Waals surface area contributed by atoms with Gasteiger partial charge in [0.1, 0.15) is 5.15 Å². The monoisotopic (exact) mass is 325 g/mol. The van der Waals surface area contributed by atoms with E-state index in [2.05, 4.69) is 15.3 Å². The summed E-state index contributed by atoms with van der Waals surface area (Å²) in [6.45, 7) is 3.45.